The first kappa shape index (κ1) is 18.6. The molecule has 0 radical (unpaired) electrons. The molecule has 0 aliphatic heterocycles. The van der Waals surface area contributed by atoms with Crippen LogP contribution >= 0.6 is 0 Å². The zero-order valence-electron chi connectivity index (χ0n) is 16.1. The Labute approximate surface area is 158 Å². The minimum absolute atomic E-state index is 0.114. The number of pyridine rings is 1. The number of anilines is 1. The van der Waals surface area contributed by atoms with Crippen LogP contribution in [0.4, 0.5) is 5.69 Å². The fourth-order valence-electron chi connectivity index (χ4n) is 2.84. The predicted molar refractivity (Wildman–Crippen MR) is 106 cm³/mol. The van der Waals surface area contributed by atoms with Crippen LogP contribution in [0.25, 0.3) is 5.65 Å². The second-order valence-corrected chi connectivity index (χ2v) is 7.03. The number of fused-ring (bicyclic) bond motifs is 1. The molecule has 6 nitrogen and oxygen atoms in total. The van der Waals surface area contributed by atoms with Gasteiger partial charge in [-0.25, -0.2) is 4.98 Å². The highest BCUT2D eigenvalue weighted by molar-refractivity contribution is 6.04. The van der Waals surface area contributed by atoms with E-state index < -0.39 is 0 Å². The van der Waals surface area contributed by atoms with Gasteiger partial charge >= 0.3 is 0 Å². The maximum atomic E-state index is 13.1. The molecule has 0 bridgehead atoms. The van der Waals surface area contributed by atoms with E-state index in [1.807, 2.05) is 61.7 Å². The van der Waals surface area contributed by atoms with Gasteiger partial charge in [0, 0.05) is 19.2 Å². The summed E-state index contributed by atoms with van der Waals surface area (Å²) in [5, 5.41) is 2.86. The first-order valence-electron chi connectivity index (χ1n) is 8.94. The van der Waals surface area contributed by atoms with Crippen molar-refractivity contribution in [2.45, 2.75) is 27.3 Å². The lowest BCUT2D eigenvalue weighted by atomic mass is 10.1. The fraction of sp³-hybridized carbons (Fsp3) is 0.286. The molecular weight excluding hydrogens is 340 g/mol. The lowest BCUT2D eigenvalue weighted by Crippen LogP contribution is -2.28. The Hall–Kier alpha value is -3.15. The summed E-state index contributed by atoms with van der Waals surface area (Å²) in [4.78, 5) is 31.2. The Morgan fingerprint density at radius 2 is 2.00 bits per heavy atom. The first-order valence-corrected chi connectivity index (χ1v) is 8.94. The molecule has 6 heteroatoms. The minimum Gasteiger partial charge on any atom is -0.336 e. The molecule has 3 rings (SSSR count). The van der Waals surface area contributed by atoms with E-state index in [2.05, 4.69) is 10.3 Å². The maximum Gasteiger partial charge on any atom is 0.256 e. The van der Waals surface area contributed by atoms with Crippen molar-refractivity contribution < 1.29 is 9.59 Å². The maximum absolute atomic E-state index is 13.1. The molecule has 3 aromatic rings. The molecule has 0 fully saturated rings. The van der Waals surface area contributed by atoms with Crippen molar-refractivity contribution >= 4 is 23.1 Å². The van der Waals surface area contributed by atoms with E-state index in [1.165, 1.54) is 0 Å². The minimum atomic E-state index is -0.162. The smallest absolute Gasteiger partial charge is 0.256 e. The quantitative estimate of drug-likeness (QED) is 0.753. The van der Waals surface area contributed by atoms with Crippen LogP contribution in [-0.2, 0) is 11.3 Å². The SMILES string of the molecule is Cc1ccc(NC(=O)C(C)C)c(C(=O)N(C)Cc2cnc3ccccn23)c1. The third-order valence-electron chi connectivity index (χ3n) is 4.43. The van der Waals surface area contributed by atoms with E-state index in [0.717, 1.165) is 16.9 Å². The summed E-state index contributed by atoms with van der Waals surface area (Å²) in [6.07, 6.45) is 3.70. The van der Waals surface area contributed by atoms with Gasteiger partial charge in [-0.3, -0.25) is 9.59 Å². The Morgan fingerprint density at radius 3 is 2.74 bits per heavy atom. The average Bonchev–Trinajstić information content (AvgIpc) is 3.05. The van der Waals surface area contributed by atoms with Crippen molar-refractivity contribution in [1.29, 1.82) is 0 Å². The third kappa shape index (κ3) is 4.00. The summed E-state index contributed by atoms with van der Waals surface area (Å²) in [7, 11) is 1.75. The standard InChI is InChI=1S/C21H24N4O2/c1-14(2)20(26)23-18-9-8-15(3)11-17(18)21(27)24(4)13-16-12-22-19-7-5-6-10-25(16)19/h5-12,14H,13H2,1-4H3,(H,23,26). The highest BCUT2D eigenvalue weighted by Crippen LogP contribution is 2.21. The highest BCUT2D eigenvalue weighted by atomic mass is 16.2. The molecule has 0 unspecified atom stereocenters. The topological polar surface area (TPSA) is 66.7 Å². The molecule has 0 aliphatic carbocycles. The van der Waals surface area contributed by atoms with Gasteiger partial charge in [-0.05, 0) is 31.2 Å². The second kappa shape index (κ2) is 7.61. The summed E-state index contributed by atoms with van der Waals surface area (Å²) in [6.45, 7) is 5.98. The molecular formula is C21H24N4O2. The number of rotatable bonds is 5. The third-order valence-corrected chi connectivity index (χ3v) is 4.43. The first-order chi connectivity index (χ1) is 12.9. The number of nitrogens with one attached hydrogen (secondary N) is 1. The number of aryl methyl sites for hydroxylation is 1. The molecule has 2 amide bonds. The van der Waals surface area contributed by atoms with Gasteiger partial charge in [0.05, 0.1) is 29.7 Å². The predicted octanol–water partition coefficient (Wildman–Crippen LogP) is 3.51. The van der Waals surface area contributed by atoms with Gasteiger partial charge in [0.1, 0.15) is 5.65 Å². The van der Waals surface area contributed by atoms with E-state index >= 15 is 0 Å². The van der Waals surface area contributed by atoms with Crippen LogP contribution in [0.1, 0.15) is 35.5 Å². The highest BCUT2D eigenvalue weighted by Gasteiger charge is 2.19. The van der Waals surface area contributed by atoms with Gasteiger partial charge in [0.15, 0.2) is 0 Å². The van der Waals surface area contributed by atoms with Crippen molar-refractivity contribution in [3.05, 3.63) is 65.6 Å². The molecule has 0 aliphatic rings. The zero-order chi connectivity index (χ0) is 19.6. The number of aromatic nitrogens is 2. The van der Waals surface area contributed by atoms with Gasteiger partial charge in [0.2, 0.25) is 5.91 Å². The number of hydrogen-bond donors (Lipinski definition) is 1. The van der Waals surface area contributed by atoms with Crippen LogP contribution in [0.2, 0.25) is 0 Å². The number of hydrogen-bond acceptors (Lipinski definition) is 3. The van der Waals surface area contributed by atoms with Crippen molar-refractivity contribution in [2.75, 3.05) is 12.4 Å². The molecule has 0 atom stereocenters. The number of nitrogens with zero attached hydrogens (tertiary/aromatic N) is 3. The van der Waals surface area contributed by atoms with Crippen LogP contribution in [0.5, 0.6) is 0 Å². The van der Waals surface area contributed by atoms with Crippen LogP contribution in [0.3, 0.4) is 0 Å². The van der Waals surface area contributed by atoms with Crippen molar-refractivity contribution in [2.24, 2.45) is 5.92 Å². The normalized spacial score (nSPS) is 11.0. The Morgan fingerprint density at radius 1 is 1.22 bits per heavy atom. The van der Waals surface area contributed by atoms with Crippen molar-refractivity contribution in [3.8, 4) is 0 Å². The Kier molecular flexibility index (Phi) is 5.26. The van der Waals surface area contributed by atoms with Crippen molar-refractivity contribution in [1.82, 2.24) is 14.3 Å². The van der Waals surface area contributed by atoms with E-state index in [1.54, 1.807) is 24.2 Å². The van der Waals surface area contributed by atoms with Gasteiger partial charge in [-0.2, -0.15) is 0 Å². The summed E-state index contributed by atoms with van der Waals surface area (Å²) in [5.74, 6) is -0.425. The zero-order valence-corrected chi connectivity index (χ0v) is 16.1. The molecule has 0 spiro atoms. The lowest BCUT2D eigenvalue weighted by molar-refractivity contribution is -0.118. The Balaban J connectivity index is 1.86. The van der Waals surface area contributed by atoms with Crippen LogP contribution in [-0.4, -0.2) is 33.1 Å². The van der Waals surface area contributed by atoms with E-state index in [0.29, 0.717) is 17.8 Å². The van der Waals surface area contributed by atoms with E-state index in [9.17, 15) is 9.59 Å². The van der Waals surface area contributed by atoms with Crippen molar-refractivity contribution in [3.63, 3.8) is 0 Å². The monoisotopic (exact) mass is 364 g/mol. The summed E-state index contributed by atoms with van der Waals surface area (Å²) < 4.78 is 1.96. The second-order valence-electron chi connectivity index (χ2n) is 7.03. The van der Waals surface area contributed by atoms with Gasteiger partial charge < -0.3 is 14.6 Å². The van der Waals surface area contributed by atoms with Gasteiger partial charge in [-0.1, -0.05) is 31.5 Å². The van der Waals surface area contributed by atoms with Gasteiger partial charge in [0.25, 0.3) is 5.91 Å². The molecule has 1 N–H and O–H groups in total. The van der Waals surface area contributed by atoms with E-state index in [-0.39, 0.29) is 17.7 Å². The lowest BCUT2D eigenvalue weighted by Gasteiger charge is -2.20. The number of carbonyl (C=O) groups is 2. The molecule has 1 aromatic carbocycles. The molecule has 0 saturated carbocycles. The van der Waals surface area contributed by atoms with Gasteiger partial charge in [-0.15, -0.1) is 0 Å². The molecule has 0 saturated heterocycles. The molecule has 27 heavy (non-hydrogen) atoms. The van der Waals surface area contributed by atoms with E-state index in [4.69, 9.17) is 0 Å². The van der Waals surface area contributed by atoms with Crippen LogP contribution in [0, 0.1) is 12.8 Å². The number of amides is 2. The molecule has 2 aromatic heterocycles. The summed E-state index contributed by atoms with van der Waals surface area (Å²) in [6, 6.07) is 11.3. The van der Waals surface area contributed by atoms with Crippen LogP contribution < -0.4 is 5.32 Å². The fourth-order valence-corrected chi connectivity index (χ4v) is 2.84. The molecule has 140 valence electrons. The molecule has 2 heterocycles. The summed E-state index contributed by atoms with van der Waals surface area (Å²) in [5.41, 5.74) is 3.74. The largest absolute Gasteiger partial charge is 0.336 e. The average molecular weight is 364 g/mol. The number of carbonyl (C=O) groups excluding carboxylic acids is 2. The number of benzene rings is 1. The van der Waals surface area contributed by atoms with Crippen LogP contribution in [0.15, 0.2) is 48.8 Å². The Bertz CT molecular complexity index is 991. The summed E-state index contributed by atoms with van der Waals surface area (Å²) >= 11 is 0. The number of imidazole rings is 1.